The van der Waals surface area contributed by atoms with E-state index >= 15 is 0 Å². The molecule has 0 amide bonds. The number of para-hydroxylation sites is 1. The molecule has 1 heterocycles. The lowest BCUT2D eigenvalue weighted by Crippen LogP contribution is -2.12. The highest BCUT2D eigenvalue weighted by molar-refractivity contribution is 6.17. The summed E-state index contributed by atoms with van der Waals surface area (Å²) in [7, 11) is 0. The summed E-state index contributed by atoms with van der Waals surface area (Å²) in [5.74, 6) is 1.94. The van der Waals surface area contributed by atoms with Crippen molar-refractivity contribution in [3.8, 4) is 5.75 Å². The first-order valence-corrected chi connectivity index (χ1v) is 5.78. The van der Waals surface area contributed by atoms with E-state index in [2.05, 4.69) is 0 Å². The summed E-state index contributed by atoms with van der Waals surface area (Å²) < 4.78 is 11.0. The van der Waals surface area contributed by atoms with Crippen LogP contribution in [0.2, 0.25) is 0 Å². The highest BCUT2D eigenvalue weighted by atomic mass is 35.5. The minimum atomic E-state index is 0.497. The molecule has 0 aliphatic carbocycles. The van der Waals surface area contributed by atoms with Gasteiger partial charge in [0.1, 0.15) is 5.75 Å². The van der Waals surface area contributed by atoms with Gasteiger partial charge in [0.25, 0.3) is 0 Å². The number of ether oxygens (including phenoxy) is 2. The molecule has 1 atom stereocenters. The van der Waals surface area contributed by atoms with Crippen molar-refractivity contribution in [3.63, 3.8) is 0 Å². The highest BCUT2D eigenvalue weighted by Gasteiger charge is 2.16. The smallest absolute Gasteiger partial charge is 0.123 e. The molecule has 2 rings (SSSR count). The molecule has 1 saturated heterocycles. The topological polar surface area (TPSA) is 18.5 Å². The molecular weight excluding hydrogens is 212 g/mol. The van der Waals surface area contributed by atoms with Crippen LogP contribution in [0.1, 0.15) is 12.0 Å². The summed E-state index contributed by atoms with van der Waals surface area (Å²) in [6, 6.07) is 7.90. The second-order valence-electron chi connectivity index (χ2n) is 3.78. The predicted molar refractivity (Wildman–Crippen MR) is 60.4 cm³/mol. The summed E-state index contributed by atoms with van der Waals surface area (Å²) in [4.78, 5) is 0. The van der Waals surface area contributed by atoms with Crippen LogP contribution in [0.4, 0.5) is 0 Å². The fourth-order valence-electron chi connectivity index (χ4n) is 1.68. The molecule has 3 heteroatoms. The Morgan fingerprint density at radius 2 is 2.27 bits per heavy atom. The van der Waals surface area contributed by atoms with E-state index in [9.17, 15) is 0 Å². The van der Waals surface area contributed by atoms with Crippen molar-refractivity contribution in [3.05, 3.63) is 29.8 Å². The van der Waals surface area contributed by atoms with Crippen molar-refractivity contribution >= 4 is 11.6 Å². The molecule has 0 N–H and O–H groups in total. The van der Waals surface area contributed by atoms with E-state index in [1.807, 2.05) is 24.3 Å². The Balaban J connectivity index is 1.91. The summed E-state index contributed by atoms with van der Waals surface area (Å²) in [6.45, 7) is 2.42. The molecular formula is C12H15ClO2. The third-order valence-electron chi connectivity index (χ3n) is 2.62. The first-order chi connectivity index (χ1) is 7.40. The molecule has 82 valence electrons. The van der Waals surface area contributed by atoms with Crippen LogP contribution in [-0.2, 0) is 10.6 Å². The summed E-state index contributed by atoms with van der Waals surface area (Å²) >= 11 is 5.82. The minimum absolute atomic E-state index is 0.497. The molecule has 15 heavy (non-hydrogen) atoms. The lowest BCUT2D eigenvalue weighted by Gasteiger charge is -2.12. The summed E-state index contributed by atoms with van der Waals surface area (Å²) in [5, 5.41) is 0. The standard InChI is InChI=1S/C12H15ClO2/c13-7-11-3-1-2-4-12(11)15-9-10-5-6-14-8-10/h1-4,10H,5-9H2. The second kappa shape index (κ2) is 5.38. The summed E-state index contributed by atoms with van der Waals surface area (Å²) in [6.07, 6.45) is 1.10. The highest BCUT2D eigenvalue weighted by Crippen LogP contribution is 2.21. The van der Waals surface area contributed by atoms with E-state index in [1.54, 1.807) is 0 Å². The van der Waals surface area contributed by atoms with Crippen LogP contribution in [0.3, 0.4) is 0 Å². The van der Waals surface area contributed by atoms with Crippen LogP contribution in [-0.4, -0.2) is 19.8 Å². The van der Waals surface area contributed by atoms with Gasteiger partial charge in [-0.3, -0.25) is 0 Å². The van der Waals surface area contributed by atoms with E-state index in [0.29, 0.717) is 11.8 Å². The van der Waals surface area contributed by atoms with Gasteiger partial charge in [-0.15, -0.1) is 11.6 Å². The van der Waals surface area contributed by atoms with Crippen LogP contribution < -0.4 is 4.74 Å². The van der Waals surface area contributed by atoms with E-state index in [0.717, 1.165) is 37.6 Å². The van der Waals surface area contributed by atoms with Crippen molar-refractivity contribution in [1.29, 1.82) is 0 Å². The van der Waals surface area contributed by atoms with E-state index in [-0.39, 0.29) is 0 Å². The predicted octanol–water partition coefficient (Wildman–Crippen LogP) is 2.84. The molecule has 1 aliphatic rings. The molecule has 2 nitrogen and oxygen atoms in total. The first kappa shape index (κ1) is 10.8. The molecule has 0 aromatic heterocycles. The molecule has 1 fully saturated rings. The normalized spacial score (nSPS) is 20.5. The lowest BCUT2D eigenvalue weighted by atomic mass is 10.1. The molecule has 1 aromatic rings. The number of benzene rings is 1. The average molecular weight is 227 g/mol. The Morgan fingerprint density at radius 3 is 3.00 bits per heavy atom. The van der Waals surface area contributed by atoms with Crippen molar-refractivity contribution in [2.75, 3.05) is 19.8 Å². The van der Waals surface area contributed by atoms with Crippen LogP contribution in [0.15, 0.2) is 24.3 Å². The SMILES string of the molecule is ClCc1ccccc1OCC1CCOC1. The zero-order valence-electron chi connectivity index (χ0n) is 8.62. The molecule has 0 bridgehead atoms. The molecule has 1 aromatic carbocycles. The minimum Gasteiger partial charge on any atom is -0.493 e. The van der Waals surface area contributed by atoms with Crippen molar-refractivity contribution in [2.45, 2.75) is 12.3 Å². The maximum Gasteiger partial charge on any atom is 0.123 e. The molecule has 0 saturated carbocycles. The Hall–Kier alpha value is -0.730. The van der Waals surface area contributed by atoms with Gasteiger partial charge in [-0.2, -0.15) is 0 Å². The van der Waals surface area contributed by atoms with Crippen LogP contribution >= 0.6 is 11.6 Å². The Bertz CT molecular complexity index is 308. The Labute approximate surface area is 95.1 Å². The van der Waals surface area contributed by atoms with Crippen molar-refractivity contribution in [2.24, 2.45) is 5.92 Å². The van der Waals surface area contributed by atoms with Gasteiger partial charge in [-0.1, -0.05) is 18.2 Å². The lowest BCUT2D eigenvalue weighted by molar-refractivity contribution is 0.167. The van der Waals surface area contributed by atoms with Gasteiger partial charge in [-0.25, -0.2) is 0 Å². The van der Waals surface area contributed by atoms with Crippen molar-refractivity contribution < 1.29 is 9.47 Å². The van der Waals surface area contributed by atoms with Gasteiger partial charge in [-0.05, 0) is 12.5 Å². The monoisotopic (exact) mass is 226 g/mol. The van der Waals surface area contributed by atoms with Gasteiger partial charge in [0, 0.05) is 18.1 Å². The van der Waals surface area contributed by atoms with Gasteiger partial charge >= 0.3 is 0 Å². The van der Waals surface area contributed by atoms with E-state index < -0.39 is 0 Å². The third kappa shape index (κ3) is 2.86. The molecule has 0 radical (unpaired) electrons. The number of alkyl halides is 1. The number of halogens is 1. The largest absolute Gasteiger partial charge is 0.493 e. The van der Waals surface area contributed by atoms with Crippen LogP contribution in [0.5, 0.6) is 5.75 Å². The first-order valence-electron chi connectivity index (χ1n) is 5.24. The number of hydrogen-bond acceptors (Lipinski definition) is 2. The maximum absolute atomic E-state index is 5.82. The zero-order valence-corrected chi connectivity index (χ0v) is 9.37. The fraction of sp³-hybridized carbons (Fsp3) is 0.500. The number of hydrogen-bond donors (Lipinski definition) is 0. The Morgan fingerprint density at radius 1 is 1.40 bits per heavy atom. The van der Waals surface area contributed by atoms with Crippen LogP contribution in [0.25, 0.3) is 0 Å². The Kier molecular flexibility index (Phi) is 3.87. The van der Waals surface area contributed by atoms with Crippen molar-refractivity contribution in [1.82, 2.24) is 0 Å². The van der Waals surface area contributed by atoms with Gasteiger partial charge in [0.15, 0.2) is 0 Å². The molecule has 0 spiro atoms. The second-order valence-corrected chi connectivity index (χ2v) is 4.05. The number of rotatable bonds is 4. The van der Waals surface area contributed by atoms with Gasteiger partial charge in [0.2, 0.25) is 0 Å². The zero-order chi connectivity index (χ0) is 10.5. The quantitative estimate of drug-likeness (QED) is 0.735. The fourth-order valence-corrected chi connectivity index (χ4v) is 1.90. The van der Waals surface area contributed by atoms with E-state index in [4.69, 9.17) is 21.1 Å². The maximum atomic E-state index is 5.82. The average Bonchev–Trinajstić information content (AvgIpc) is 2.79. The van der Waals surface area contributed by atoms with Gasteiger partial charge < -0.3 is 9.47 Å². The van der Waals surface area contributed by atoms with Gasteiger partial charge in [0.05, 0.1) is 19.1 Å². The van der Waals surface area contributed by atoms with Crippen LogP contribution in [0, 0.1) is 5.92 Å². The van der Waals surface area contributed by atoms with E-state index in [1.165, 1.54) is 0 Å². The third-order valence-corrected chi connectivity index (χ3v) is 2.90. The molecule has 1 unspecified atom stereocenters. The summed E-state index contributed by atoms with van der Waals surface area (Å²) in [5.41, 5.74) is 1.05. The molecule has 1 aliphatic heterocycles.